The van der Waals surface area contributed by atoms with Crippen molar-refractivity contribution >= 4 is 27.5 Å². The van der Waals surface area contributed by atoms with E-state index in [1.165, 1.54) is 4.80 Å². The van der Waals surface area contributed by atoms with E-state index in [1.54, 1.807) is 11.6 Å². The predicted octanol–water partition coefficient (Wildman–Crippen LogP) is 2.65. The summed E-state index contributed by atoms with van der Waals surface area (Å²) in [6.07, 6.45) is 0. The molecule has 2 heterocycles. The normalized spacial score (nSPS) is 12.2. The van der Waals surface area contributed by atoms with Crippen LogP contribution in [-0.2, 0) is 11.8 Å². The van der Waals surface area contributed by atoms with Gasteiger partial charge in [0.25, 0.3) is 5.91 Å². The molecule has 3 aromatic rings. The van der Waals surface area contributed by atoms with Crippen molar-refractivity contribution in [3.63, 3.8) is 0 Å². The average molecular weight is 404 g/mol. The van der Waals surface area contributed by atoms with Crippen LogP contribution in [-0.4, -0.2) is 35.9 Å². The predicted molar refractivity (Wildman–Crippen MR) is 97.0 cm³/mol. The van der Waals surface area contributed by atoms with Crippen molar-refractivity contribution in [1.82, 2.24) is 30.0 Å². The van der Waals surface area contributed by atoms with Gasteiger partial charge >= 0.3 is 0 Å². The van der Waals surface area contributed by atoms with Crippen LogP contribution in [0, 0.1) is 13.8 Å². The molecule has 1 amide bonds. The van der Waals surface area contributed by atoms with E-state index in [1.807, 2.05) is 45.2 Å². The Morgan fingerprint density at radius 1 is 1.20 bits per heavy atom. The van der Waals surface area contributed by atoms with Gasteiger partial charge in [-0.2, -0.15) is 9.90 Å². The topological polar surface area (TPSA) is 90.5 Å². The minimum absolute atomic E-state index is 0.223. The Morgan fingerprint density at radius 3 is 2.48 bits per heavy atom. The summed E-state index contributed by atoms with van der Waals surface area (Å²) < 4.78 is 2.70. The van der Waals surface area contributed by atoms with Crippen LogP contribution < -0.4 is 5.32 Å². The van der Waals surface area contributed by atoms with Gasteiger partial charge in [-0.1, -0.05) is 15.9 Å². The Bertz CT molecular complexity index is 913. The Balaban J connectivity index is 1.78. The zero-order valence-electron chi connectivity index (χ0n) is 14.4. The van der Waals surface area contributed by atoms with E-state index in [4.69, 9.17) is 0 Å². The van der Waals surface area contributed by atoms with Crippen molar-refractivity contribution in [2.24, 2.45) is 7.05 Å². The molecule has 0 aliphatic carbocycles. The van der Waals surface area contributed by atoms with E-state index < -0.39 is 6.04 Å². The van der Waals surface area contributed by atoms with Gasteiger partial charge in [0, 0.05) is 17.1 Å². The van der Waals surface area contributed by atoms with Crippen LogP contribution in [0.15, 0.2) is 28.7 Å². The quantitative estimate of drug-likeness (QED) is 0.722. The van der Waals surface area contributed by atoms with Crippen LogP contribution in [0.1, 0.15) is 24.4 Å². The van der Waals surface area contributed by atoms with Gasteiger partial charge in [0.1, 0.15) is 6.04 Å². The maximum Gasteiger partial charge on any atom is 0.250 e. The van der Waals surface area contributed by atoms with Gasteiger partial charge < -0.3 is 5.32 Å². The number of tetrazole rings is 1. The molecular weight excluding hydrogens is 386 g/mol. The second-order valence-corrected chi connectivity index (χ2v) is 6.69. The van der Waals surface area contributed by atoms with E-state index >= 15 is 0 Å². The second-order valence-electron chi connectivity index (χ2n) is 5.77. The van der Waals surface area contributed by atoms with Crippen LogP contribution >= 0.6 is 15.9 Å². The second kappa shape index (κ2) is 6.75. The number of halogens is 1. The third-order valence-corrected chi connectivity index (χ3v) is 4.54. The minimum atomic E-state index is -0.601. The van der Waals surface area contributed by atoms with Crippen LogP contribution in [0.4, 0.5) is 5.69 Å². The highest BCUT2D eigenvalue weighted by atomic mass is 79.9. The number of rotatable bonds is 4. The zero-order valence-corrected chi connectivity index (χ0v) is 15.9. The molecule has 0 radical (unpaired) electrons. The molecule has 1 aromatic carbocycles. The number of aromatic nitrogens is 6. The first-order valence-corrected chi connectivity index (χ1v) is 8.52. The Morgan fingerprint density at radius 2 is 1.88 bits per heavy atom. The molecule has 8 nitrogen and oxygen atoms in total. The number of nitrogens with zero attached hydrogens (tertiary/aromatic N) is 6. The summed E-state index contributed by atoms with van der Waals surface area (Å²) >= 11 is 3.39. The first-order valence-electron chi connectivity index (χ1n) is 7.73. The van der Waals surface area contributed by atoms with E-state index in [0.717, 1.165) is 21.4 Å². The third-order valence-electron chi connectivity index (χ3n) is 4.01. The molecular formula is C16H18BrN7O. The first kappa shape index (κ1) is 17.3. The molecule has 130 valence electrons. The number of hydrogen-bond acceptors (Lipinski definition) is 5. The molecule has 0 fully saturated rings. The average Bonchev–Trinajstić information content (AvgIpc) is 3.16. The van der Waals surface area contributed by atoms with Crippen LogP contribution in [0.3, 0.4) is 0 Å². The standard InChI is InChI=1S/C16H18BrN7O/c1-9-14(10(2)23(4)20-9)18-16(25)11(3)24-21-15(19-22-24)12-5-7-13(17)8-6-12/h5-8,11H,1-4H3,(H,18,25). The van der Waals surface area contributed by atoms with Gasteiger partial charge in [-0.05, 0) is 50.3 Å². The molecule has 9 heteroatoms. The summed E-state index contributed by atoms with van der Waals surface area (Å²) in [6.45, 7) is 5.48. The van der Waals surface area contributed by atoms with E-state index in [9.17, 15) is 4.79 Å². The van der Waals surface area contributed by atoms with Gasteiger partial charge in [0.2, 0.25) is 5.82 Å². The molecule has 25 heavy (non-hydrogen) atoms. The summed E-state index contributed by atoms with van der Waals surface area (Å²) in [7, 11) is 1.84. The van der Waals surface area contributed by atoms with Crippen molar-refractivity contribution in [2.75, 3.05) is 5.32 Å². The van der Waals surface area contributed by atoms with Crippen LogP contribution in [0.25, 0.3) is 11.4 Å². The molecule has 3 rings (SSSR count). The van der Waals surface area contributed by atoms with Crippen molar-refractivity contribution in [3.8, 4) is 11.4 Å². The van der Waals surface area contributed by atoms with Crippen LogP contribution in [0.2, 0.25) is 0 Å². The fourth-order valence-electron chi connectivity index (χ4n) is 2.39. The minimum Gasteiger partial charge on any atom is -0.321 e. The Kier molecular flexibility index (Phi) is 4.67. The maximum atomic E-state index is 12.5. The molecule has 0 saturated carbocycles. The van der Waals surface area contributed by atoms with E-state index in [-0.39, 0.29) is 5.91 Å². The lowest BCUT2D eigenvalue weighted by molar-refractivity contribution is -0.119. The smallest absolute Gasteiger partial charge is 0.250 e. The molecule has 1 atom stereocenters. The highest BCUT2D eigenvalue weighted by molar-refractivity contribution is 9.10. The number of anilines is 1. The van der Waals surface area contributed by atoms with Gasteiger partial charge in [0.05, 0.1) is 17.1 Å². The summed E-state index contributed by atoms with van der Waals surface area (Å²) in [5, 5.41) is 19.6. The van der Waals surface area contributed by atoms with Crippen molar-refractivity contribution in [2.45, 2.75) is 26.8 Å². The Hall–Kier alpha value is -2.55. The Labute approximate surface area is 153 Å². The summed E-state index contributed by atoms with van der Waals surface area (Å²) in [6, 6.07) is 6.98. The number of carbonyl (C=O) groups is 1. The third kappa shape index (κ3) is 3.46. The lowest BCUT2D eigenvalue weighted by Crippen LogP contribution is -2.26. The lowest BCUT2D eigenvalue weighted by Gasteiger charge is -2.11. The van der Waals surface area contributed by atoms with Gasteiger partial charge in [-0.15, -0.1) is 10.2 Å². The number of carbonyl (C=O) groups excluding carboxylic acids is 1. The largest absolute Gasteiger partial charge is 0.321 e. The van der Waals surface area contributed by atoms with Crippen molar-refractivity contribution in [1.29, 1.82) is 0 Å². The van der Waals surface area contributed by atoms with E-state index in [2.05, 4.69) is 41.8 Å². The van der Waals surface area contributed by atoms with Crippen LogP contribution in [0.5, 0.6) is 0 Å². The number of nitrogens with one attached hydrogen (secondary N) is 1. The first-order chi connectivity index (χ1) is 11.9. The summed E-state index contributed by atoms with van der Waals surface area (Å²) in [5.41, 5.74) is 3.21. The number of aryl methyl sites for hydroxylation is 2. The monoisotopic (exact) mass is 403 g/mol. The molecule has 0 aliphatic heterocycles. The molecule has 1 unspecified atom stereocenters. The highest BCUT2D eigenvalue weighted by Gasteiger charge is 2.21. The summed E-state index contributed by atoms with van der Waals surface area (Å²) in [4.78, 5) is 13.8. The summed E-state index contributed by atoms with van der Waals surface area (Å²) in [5.74, 6) is 0.250. The molecule has 0 aliphatic rings. The SMILES string of the molecule is Cc1nn(C)c(C)c1NC(=O)C(C)n1nnc(-c2ccc(Br)cc2)n1. The fourth-order valence-corrected chi connectivity index (χ4v) is 2.66. The zero-order chi connectivity index (χ0) is 18.1. The van der Waals surface area contributed by atoms with Crippen molar-refractivity contribution < 1.29 is 4.79 Å². The number of hydrogen-bond donors (Lipinski definition) is 1. The highest BCUT2D eigenvalue weighted by Crippen LogP contribution is 2.21. The molecule has 0 bridgehead atoms. The van der Waals surface area contributed by atoms with Gasteiger partial charge in [-0.3, -0.25) is 9.48 Å². The number of benzene rings is 1. The molecule has 0 spiro atoms. The number of amides is 1. The molecule has 2 aromatic heterocycles. The van der Waals surface area contributed by atoms with E-state index in [0.29, 0.717) is 11.5 Å². The lowest BCUT2D eigenvalue weighted by atomic mass is 10.2. The van der Waals surface area contributed by atoms with Gasteiger partial charge in [0.15, 0.2) is 0 Å². The van der Waals surface area contributed by atoms with Gasteiger partial charge in [-0.25, -0.2) is 0 Å². The fraction of sp³-hybridized carbons (Fsp3) is 0.312. The van der Waals surface area contributed by atoms with Crippen molar-refractivity contribution in [3.05, 3.63) is 40.1 Å². The maximum absolute atomic E-state index is 12.5. The molecule has 1 N–H and O–H groups in total. The molecule has 0 saturated heterocycles.